The summed E-state index contributed by atoms with van der Waals surface area (Å²) in [6, 6.07) is 0.677. The van der Waals surface area contributed by atoms with E-state index in [1.165, 1.54) is 11.0 Å². The molecule has 0 spiro atoms. The normalized spacial score (nSPS) is 10.5. The zero-order valence-electron chi connectivity index (χ0n) is 8.98. The lowest BCUT2D eigenvalue weighted by molar-refractivity contribution is 0.579. The molecule has 2 rings (SSSR count). The molecule has 0 unspecified atom stereocenters. The van der Waals surface area contributed by atoms with Crippen LogP contribution in [0.4, 0.5) is 20.4 Å². The number of hydrogen-bond acceptors (Lipinski definition) is 5. The quantitative estimate of drug-likeness (QED) is 0.824. The Morgan fingerprint density at radius 1 is 1.41 bits per heavy atom. The maximum absolute atomic E-state index is 13.3. The number of pyridine rings is 1. The summed E-state index contributed by atoms with van der Waals surface area (Å²) in [5, 5.41) is 6.62. The molecule has 2 heterocycles. The Labute approximate surface area is 95.5 Å². The second kappa shape index (κ2) is 4.32. The predicted octanol–water partition coefficient (Wildman–Crippen LogP) is 0.683. The number of hydrogen-bond donors (Lipinski definition) is 2. The van der Waals surface area contributed by atoms with Crippen molar-refractivity contribution in [1.82, 2.24) is 19.7 Å². The van der Waals surface area contributed by atoms with Crippen LogP contribution in [-0.2, 0) is 13.6 Å². The summed E-state index contributed by atoms with van der Waals surface area (Å²) in [6.45, 7) is 0.176. The molecule has 0 bridgehead atoms. The predicted molar refractivity (Wildman–Crippen MR) is 56.9 cm³/mol. The Bertz CT molecular complexity index is 538. The second-order valence-electron chi connectivity index (χ2n) is 3.37. The molecule has 0 aliphatic heterocycles. The first-order valence-corrected chi connectivity index (χ1v) is 4.76. The van der Waals surface area contributed by atoms with E-state index in [1.54, 1.807) is 7.05 Å². The Kier molecular flexibility index (Phi) is 2.86. The van der Waals surface area contributed by atoms with Gasteiger partial charge in [-0.25, -0.2) is 18.7 Å². The van der Waals surface area contributed by atoms with Crippen LogP contribution in [0.3, 0.4) is 0 Å². The third-order valence-corrected chi connectivity index (χ3v) is 2.02. The van der Waals surface area contributed by atoms with Crippen molar-refractivity contribution in [3.05, 3.63) is 29.9 Å². The van der Waals surface area contributed by atoms with Gasteiger partial charge in [-0.15, -0.1) is 0 Å². The van der Waals surface area contributed by atoms with Gasteiger partial charge in [-0.3, -0.25) is 4.68 Å². The molecule has 17 heavy (non-hydrogen) atoms. The van der Waals surface area contributed by atoms with E-state index >= 15 is 0 Å². The van der Waals surface area contributed by atoms with E-state index in [2.05, 4.69) is 20.4 Å². The van der Waals surface area contributed by atoms with Crippen molar-refractivity contribution in [2.75, 3.05) is 11.1 Å². The molecule has 3 N–H and O–H groups in total. The summed E-state index contributed by atoms with van der Waals surface area (Å²) < 4.78 is 27.6. The smallest absolute Gasteiger partial charge is 0.169 e. The first kappa shape index (κ1) is 11.2. The molecule has 90 valence electrons. The molecule has 0 radical (unpaired) electrons. The van der Waals surface area contributed by atoms with E-state index < -0.39 is 11.6 Å². The summed E-state index contributed by atoms with van der Waals surface area (Å²) in [5.41, 5.74) is 5.23. The average Bonchev–Trinajstić information content (AvgIpc) is 2.68. The van der Waals surface area contributed by atoms with Crippen LogP contribution in [0, 0.1) is 11.6 Å². The molecule has 2 aromatic heterocycles. The Hall–Kier alpha value is -2.25. The monoisotopic (exact) mass is 240 g/mol. The number of nitrogens with two attached hydrogens (primary N) is 1. The van der Waals surface area contributed by atoms with E-state index in [4.69, 9.17) is 5.73 Å². The van der Waals surface area contributed by atoms with Crippen LogP contribution in [0.15, 0.2) is 12.4 Å². The van der Waals surface area contributed by atoms with Crippen LogP contribution in [-0.4, -0.2) is 19.7 Å². The largest absolute Gasteiger partial charge is 0.381 e. The van der Waals surface area contributed by atoms with E-state index in [0.717, 1.165) is 0 Å². The van der Waals surface area contributed by atoms with Crippen LogP contribution >= 0.6 is 0 Å². The van der Waals surface area contributed by atoms with Crippen molar-refractivity contribution < 1.29 is 8.78 Å². The summed E-state index contributed by atoms with van der Waals surface area (Å²) >= 11 is 0. The number of aromatic nitrogens is 4. The fourth-order valence-corrected chi connectivity index (χ4v) is 1.23. The number of nitrogens with zero attached hydrogens (tertiary/aromatic N) is 4. The molecule has 0 aromatic carbocycles. The minimum absolute atomic E-state index is 0.128. The van der Waals surface area contributed by atoms with Crippen molar-refractivity contribution in [3.63, 3.8) is 0 Å². The standard InChI is InChI=1S/C9H10F2N6/c1-17-4-14-7(16-17)3-13-9-6(11)2-5(10)8(12)15-9/h2,4H,3H2,1H3,(H3,12,13,15). The lowest BCUT2D eigenvalue weighted by Crippen LogP contribution is -2.08. The number of rotatable bonds is 3. The maximum Gasteiger partial charge on any atom is 0.169 e. The molecule has 2 aromatic rings. The lowest BCUT2D eigenvalue weighted by atomic mass is 10.4. The summed E-state index contributed by atoms with van der Waals surface area (Å²) in [7, 11) is 1.71. The van der Waals surface area contributed by atoms with Crippen molar-refractivity contribution in [1.29, 1.82) is 0 Å². The Morgan fingerprint density at radius 2 is 2.18 bits per heavy atom. The van der Waals surface area contributed by atoms with Gasteiger partial charge in [-0.05, 0) is 0 Å². The zero-order valence-corrected chi connectivity index (χ0v) is 8.98. The molecule has 0 saturated heterocycles. The van der Waals surface area contributed by atoms with E-state index in [0.29, 0.717) is 11.9 Å². The molecular weight excluding hydrogens is 230 g/mol. The van der Waals surface area contributed by atoms with Gasteiger partial charge in [-0.1, -0.05) is 0 Å². The van der Waals surface area contributed by atoms with Crippen molar-refractivity contribution in [2.24, 2.45) is 7.05 Å². The fraction of sp³-hybridized carbons (Fsp3) is 0.222. The summed E-state index contributed by atoms with van der Waals surface area (Å²) in [5.74, 6) is -1.72. The second-order valence-corrected chi connectivity index (χ2v) is 3.37. The molecule has 0 amide bonds. The fourth-order valence-electron chi connectivity index (χ4n) is 1.23. The van der Waals surface area contributed by atoms with Gasteiger partial charge in [0.15, 0.2) is 29.1 Å². The minimum Gasteiger partial charge on any atom is -0.381 e. The van der Waals surface area contributed by atoms with Crippen molar-refractivity contribution >= 4 is 11.6 Å². The van der Waals surface area contributed by atoms with Gasteiger partial charge in [0.05, 0.1) is 6.54 Å². The Morgan fingerprint density at radius 3 is 2.82 bits per heavy atom. The third-order valence-electron chi connectivity index (χ3n) is 2.02. The van der Waals surface area contributed by atoms with Crippen LogP contribution < -0.4 is 11.1 Å². The maximum atomic E-state index is 13.3. The first-order valence-electron chi connectivity index (χ1n) is 4.76. The highest BCUT2D eigenvalue weighted by Gasteiger charge is 2.10. The topological polar surface area (TPSA) is 81.7 Å². The SMILES string of the molecule is Cn1cnc(CNc2nc(N)c(F)cc2F)n1. The van der Waals surface area contributed by atoms with Gasteiger partial charge in [0.25, 0.3) is 0 Å². The van der Waals surface area contributed by atoms with Gasteiger partial charge in [0.1, 0.15) is 6.33 Å². The van der Waals surface area contributed by atoms with Crippen LogP contribution in [0.1, 0.15) is 5.82 Å². The van der Waals surface area contributed by atoms with Crippen molar-refractivity contribution in [3.8, 4) is 0 Å². The van der Waals surface area contributed by atoms with Gasteiger partial charge >= 0.3 is 0 Å². The molecule has 8 heteroatoms. The van der Waals surface area contributed by atoms with Gasteiger partial charge < -0.3 is 11.1 Å². The number of aryl methyl sites for hydroxylation is 1. The molecular formula is C9H10F2N6. The molecule has 6 nitrogen and oxygen atoms in total. The third kappa shape index (κ3) is 2.47. The number of anilines is 2. The molecule has 0 aliphatic carbocycles. The molecule has 0 aliphatic rings. The average molecular weight is 240 g/mol. The first-order chi connectivity index (χ1) is 8.06. The minimum atomic E-state index is -0.885. The van der Waals surface area contributed by atoms with E-state index in [-0.39, 0.29) is 18.2 Å². The highest BCUT2D eigenvalue weighted by Crippen LogP contribution is 2.16. The number of nitrogens with one attached hydrogen (secondary N) is 1. The zero-order chi connectivity index (χ0) is 12.4. The molecule has 0 atom stereocenters. The van der Waals surface area contributed by atoms with Gasteiger partial charge in [-0.2, -0.15) is 5.10 Å². The highest BCUT2D eigenvalue weighted by molar-refractivity contribution is 5.44. The van der Waals surface area contributed by atoms with Crippen LogP contribution in [0.25, 0.3) is 0 Å². The van der Waals surface area contributed by atoms with Crippen LogP contribution in [0.5, 0.6) is 0 Å². The number of nitrogen functional groups attached to an aromatic ring is 1. The summed E-state index contributed by atoms with van der Waals surface area (Å²) in [6.07, 6.45) is 1.51. The number of halogens is 2. The van der Waals surface area contributed by atoms with E-state index in [9.17, 15) is 8.78 Å². The molecule has 0 fully saturated rings. The van der Waals surface area contributed by atoms with Gasteiger partial charge in [0.2, 0.25) is 0 Å². The van der Waals surface area contributed by atoms with E-state index in [1.807, 2.05) is 0 Å². The highest BCUT2D eigenvalue weighted by atomic mass is 19.1. The lowest BCUT2D eigenvalue weighted by Gasteiger charge is -2.05. The summed E-state index contributed by atoms with van der Waals surface area (Å²) in [4.78, 5) is 7.48. The van der Waals surface area contributed by atoms with Crippen LogP contribution in [0.2, 0.25) is 0 Å². The van der Waals surface area contributed by atoms with Crippen molar-refractivity contribution in [2.45, 2.75) is 6.54 Å². The molecule has 0 saturated carbocycles. The Balaban J connectivity index is 2.11. The van der Waals surface area contributed by atoms with Gasteiger partial charge in [0, 0.05) is 13.1 Å².